The molecule has 28 heavy (non-hydrogen) atoms. The van der Waals surface area contributed by atoms with Crippen molar-refractivity contribution in [3.05, 3.63) is 51.6 Å². The van der Waals surface area contributed by atoms with Gasteiger partial charge in [-0.15, -0.1) is 0 Å². The Morgan fingerprint density at radius 1 is 1.29 bits per heavy atom. The number of carbonyl (C=O) groups excluding carboxylic acids is 1. The van der Waals surface area contributed by atoms with E-state index in [0.717, 1.165) is 0 Å². The molecule has 0 aromatic heterocycles. The Labute approximate surface area is 159 Å². The van der Waals surface area contributed by atoms with Crippen molar-refractivity contribution in [1.82, 2.24) is 0 Å². The van der Waals surface area contributed by atoms with Gasteiger partial charge in [0, 0.05) is 0 Å². The number of hydrogen-bond donors (Lipinski definition) is 1. The minimum Gasteiger partial charge on any atom is -0.493 e. The maximum atomic E-state index is 12.4. The quantitative estimate of drug-likeness (QED) is 0.589. The molecule has 2 aromatic carbocycles. The summed E-state index contributed by atoms with van der Waals surface area (Å²) in [6.07, 6.45) is 0. The van der Waals surface area contributed by atoms with Crippen molar-refractivity contribution < 1.29 is 33.8 Å². The van der Waals surface area contributed by atoms with Crippen molar-refractivity contribution in [3.8, 4) is 17.2 Å². The lowest BCUT2D eigenvalue weighted by atomic mass is 10.1. The van der Waals surface area contributed by atoms with E-state index in [1.54, 1.807) is 0 Å². The first kappa shape index (κ1) is 19.0. The highest BCUT2D eigenvalue weighted by Crippen LogP contribution is 2.41. The molecule has 1 aliphatic heterocycles. The summed E-state index contributed by atoms with van der Waals surface area (Å²) in [6, 6.07) is 7.07. The summed E-state index contributed by atoms with van der Waals surface area (Å²) in [4.78, 5) is 35.9. The van der Waals surface area contributed by atoms with Crippen molar-refractivity contribution >= 4 is 23.3 Å². The number of nitro groups is 1. The molecule has 0 unspecified atom stereocenters. The number of benzene rings is 2. The van der Waals surface area contributed by atoms with E-state index in [0.29, 0.717) is 5.69 Å². The number of nitro benzene ring substituents is 1. The first-order chi connectivity index (χ1) is 13.4. The van der Waals surface area contributed by atoms with Crippen LogP contribution in [0.5, 0.6) is 17.2 Å². The molecule has 0 bridgehead atoms. The number of aromatic carboxylic acids is 1. The topological polar surface area (TPSA) is 128 Å². The molecule has 0 spiro atoms. The third kappa shape index (κ3) is 3.27. The summed E-state index contributed by atoms with van der Waals surface area (Å²) in [5.41, 5.74) is 0.242. The van der Waals surface area contributed by atoms with Gasteiger partial charge in [-0.25, -0.2) is 4.79 Å². The van der Waals surface area contributed by atoms with Crippen molar-refractivity contribution in [2.45, 2.75) is 6.54 Å². The van der Waals surface area contributed by atoms with E-state index in [4.69, 9.17) is 19.3 Å². The van der Waals surface area contributed by atoms with Gasteiger partial charge in [-0.3, -0.25) is 14.9 Å². The second-order valence-electron chi connectivity index (χ2n) is 5.82. The van der Waals surface area contributed by atoms with Crippen molar-refractivity contribution in [2.75, 3.05) is 25.7 Å². The van der Waals surface area contributed by atoms with Crippen LogP contribution in [-0.2, 0) is 11.3 Å². The first-order valence-electron chi connectivity index (χ1n) is 8.06. The van der Waals surface area contributed by atoms with Gasteiger partial charge in [-0.1, -0.05) is 0 Å². The van der Waals surface area contributed by atoms with Gasteiger partial charge in [0.15, 0.2) is 12.4 Å². The van der Waals surface area contributed by atoms with Gasteiger partial charge in [0.1, 0.15) is 5.75 Å². The molecular weight excluding hydrogens is 372 g/mol. The highest BCUT2D eigenvalue weighted by molar-refractivity contribution is 5.99. The van der Waals surface area contributed by atoms with Crippen LogP contribution in [0, 0.1) is 10.1 Å². The second kappa shape index (κ2) is 7.43. The third-order valence-electron chi connectivity index (χ3n) is 4.26. The number of rotatable bonds is 6. The molecule has 3 rings (SSSR count). The molecule has 1 N–H and O–H groups in total. The minimum absolute atomic E-state index is 0.00477. The number of ether oxygens (including phenoxy) is 3. The van der Waals surface area contributed by atoms with E-state index >= 15 is 0 Å². The molecule has 10 heteroatoms. The lowest BCUT2D eigenvalue weighted by Gasteiger charge is -2.29. The molecule has 1 amide bonds. The molecular formula is C18H16N2O8. The second-order valence-corrected chi connectivity index (χ2v) is 5.82. The Balaban J connectivity index is 2.06. The van der Waals surface area contributed by atoms with Crippen LogP contribution in [0.25, 0.3) is 0 Å². The van der Waals surface area contributed by atoms with Gasteiger partial charge in [0.25, 0.3) is 5.91 Å². The van der Waals surface area contributed by atoms with Gasteiger partial charge in [0.2, 0.25) is 5.75 Å². The van der Waals surface area contributed by atoms with Crippen LogP contribution < -0.4 is 19.1 Å². The van der Waals surface area contributed by atoms with Gasteiger partial charge >= 0.3 is 11.7 Å². The van der Waals surface area contributed by atoms with Crippen molar-refractivity contribution in [3.63, 3.8) is 0 Å². The summed E-state index contributed by atoms with van der Waals surface area (Å²) in [5, 5.41) is 20.7. The summed E-state index contributed by atoms with van der Waals surface area (Å²) in [5.74, 6) is -1.20. The van der Waals surface area contributed by atoms with Crippen LogP contribution in [-0.4, -0.2) is 42.7 Å². The Hall–Kier alpha value is -3.82. The summed E-state index contributed by atoms with van der Waals surface area (Å²) in [6.45, 7) is -0.435. The first-order valence-corrected chi connectivity index (χ1v) is 8.06. The molecule has 0 fully saturated rings. The molecule has 1 aliphatic rings. The summed E-state index contributed by atoms with van der Waals surface area (Å²) < 4.78 is 15.6. The minimum atomic E-state index is -1.13. The fourth-order valence-electron chi connectivity index (χ4n) is 2.96. The van der Waals surface area contributed by atoms with Crippen LogP contribution in [0.15, 0.2) is 30.3 Å². The van der Waals surface area contributed by atoms with Crippen LogP contribution >= 0.6 is 0 Å². The SMILES string of the molecule is COc1ccc(CN2C(=O)COc3cc(C(=O)O)ccc32)c([N+](=O)[O-])c1OC. The number of carboxylic acids is 1. The lowest BCUT2D eigenvalue weighted by molar-refractivity contribution is -0.386. The fraction of sp³-hybridized carbons (Fsp3) is 0.222. The molecule has 0 aliphatic carbocycles. The van der Waals surface area contributed by atoms with E-state index in [1.807, 2.05) is 0 Å². The molecule has 2 aromatic rings. The molecule has 0 saturated heterocycles. The highest BCUT2D eigenvalue weighted by Gasteiger charge is 2.31. The van der Waals surface area contributed by atoms with Crippen LogP contribution in [0.4, 0.5) is 11.4 Å². The number of methoxy groups -OCH3 is 2. The predicted octanol–water partition coefficient (Wildman–Crippen LogP) is 2.24. The maximum absolute atomic E-state index is 12.4. The van der Waals surface area contributed by atoms with Gasteiger partial charge in [0.05, 0.1) is 42.5 Å². The maximum Gasteiger partial charge on any atom is 0.335 e. The molecule has 0 radical (unpaired) electrons. The smallest absolute Gasteiger partial charge is 0.335 e. The standard InChI is InChI=1S/C18H16N2O8/c1-26-13-6-4-11(16(20(24)25)17(13)27-2)8-19-12-5-3-10(18(22)23)7-14(12)28-9-15(19)21/h3-7H,8-9H2,1-2H3,(H,22,23). The van der Waals surface area contributed by atoms with E-state index in [1.165, 1.54) is 49.5 Å². The number of fused-ring (bicyclic) bond motifs is 1. The fourth-order valence-corrected chi connectivity index (χ4v) is 2.96. The Morgan fingerprint density at radius 2 is 2.04 bits per heavy atom. The van der Waals surface area contributed by atoms with E-state index in [-0.39, 0.29) is 47.2 Å². The third-order valence-corrected chi connectivity index (χ3v) is 4.26. The summed E-state index contributed by atoms with van der Waals surface area (Å²) in [7, 11) is 2.65. The number of anilines is 1. The highest BCUT2D eigenvalue weighted by atomic mass is 16.6. The number of carbonyl (C=O) groups is 2. The van der Waals surface area contributed by atoms with E-state index < -0.39 is 16.8 Å². The Kier molecular flexibility index (Phi) is 5.03. The Bertz CT molecular complexity index is 972. The molecule has 1 heterocycles. The molecule has 0 saturated carbocycles. The number of hydrogen-bond acceptors (Lipinski definition) is 7. The van der Waals surface area contributed by atoms with Crippen LogP contribution in [0.3, 0.4) is 0 Å². The van der Waals surface area contributed by atoms with Gasteiger partial charge in [-0.05, 0) is 30.3 Å². The summed E-state index contributed by atoms with van der Waals surface area (Å²) >= 11 is 0. The lowest BCUT2D eigenvalue weighted by Crippen LogP contribution is -2.38. The normalized spacial score (nSPS) is 12.8. The average molecular weight is 388 g/mol. The van der Waals surface area contributed by atoms with Crippen LogP contribution in [0.2, 0.25) is 0 Å². The zero-order valence-electron chi connectivity index (χ0n) is 15.0. The van der Waals surface area contributed by atoms with Gasteiger partial charge in [-0.2, -0.15) is 0 Å². The van der Waals surface area contributed by atoms with Crippen molar-refractivity contribution in [2.24, 2.45) is 0 Å². The zero-order valence-corrected chi connectivity index (χ0v) is 15.0. The van der Waals surface area contributed by atoms with Crippen molar-refractivity contribution in [1.29, 1.82) is 0 Å². The number of carboxylic acid groups (broad SMARTS) is 1. The largest absolute Gasteiger partial charge is 0.493 e. The number of amides is 1. The average Bonchev–Trinajstić information content (AvgIpc) is 2.68. The van der Waals surface area contributed by atoms with E-state index in [9.17, 15) is 19.7 Å². The Morgan fingerprint density at radius 3 is 2.64 bits per heavy atom. The monoisotopic (exact) mass is 388 g/mol. The van der Waals surface area contributed by atoms with E-state index in [2.05, 4.69) is 0 Å². The molecule has 10 nitrogen and oxygen atoms in total. The molecule has 146 valence electrons. The zero-order chi connectivity index (χ0) is 20.4. The predicted molar refractivity (Wildman–Crippen MR) is 96.3 cm³/mol. The van der Waals surface area contributed by atoms with Crippen LogP contribution in [0.1, 0.15) is 15.9 Å². The van der Waals surface area contributed by atoms with Gasteiger partial charge < -0.3 is 24.2 Å². The number of nitrogens with zero attached hydrogens (tertiary/aromatic N) is 2. The molecule has 0 atom stereocenters.